The van der Waals surface area contributed by atoms with Crippen molar-refractivity contribution in [1.82, 2.24) is 0 Å². The number of hydrogen-bond donors (Lipinski definition) is 0. The summed E-state index contributed by atoms with van der Waals surface area (Å²) >= 11 is 9.67. The molecule has 0 aliphatic heterocycles. The average molecular weight is 360 g/mol. The Labute approximate surface area is 130 Å². The van der Waals surface area contributed by atoms with Gasteiger partial charge in [0.2, 0.25) is 0 Å². The van der Waals surface area contributed by atoms with Crippen LogP contribution in [0.2, 0.25) is 5.02 Å². The normalized spacial score (nSPS) is 12.1. The predicted octanol–water partition coefficient (Wildman–Crippen LogP) is 4.98. The molecule has 0 spiro atoms. The fourth-order valence-electron chi connectivity index (χ4n) is 1.90. The van der Waals surface area contributed by atoms with Crippen LogP contribution < -0.4 is 9.47 Å². The van der Waals surface area contributed by atoms with E-state index in [0.29, 0.717) is 16.5 Å². The van der Waals surface area contributed by atoms with Crippen LogP contribution in [-0.4, -0.2) is 14.2 Å². The molecule has 0 aliphatic rings. The summed E-state index contributed by atoms with van der Waals surface area (Å²) in [4.78, 5) is -0.198. The van der Waals surface area contributed by atoms with Crippen LogP contribution in [-0.2, 0) is 0 Å². The molecule has 2 nitrogen and oxygen atoms in total. The monoisotopic (exact) mass is 358 g/mol. The molecule has 0 amide bonds. The van der Waals surface area contributed by atoms with Gasteiger partial charge >= 0.3 is 0 Å². The van der Waals surface area contributed by atoms with Crippen LogP contribution in [0.4, 0.5) is 4.39 Å². The lowest BCUT2D eigenvalue weighted by Crippen LogP contribution is -1.99. The van der Waals surface area contributed by atoms with Crippen LogP contribution in [0, 0.1) is 5.82 Å². The average Bonchev–Trinajstić information content (AvgIpc) is 2.46. The summed E-state index contributed by atoms with van der Waals surface area (Å²) in [6, 6.07) is 9.84. The van der Waals surface area contributed by atoms with E-state index in [4.69, 9.17) is 21.1 Å². The number of rotatable bonds is 4. The molecule has 5 heteroatoms. The highest BCUT2D eigenvalue weighted by Gasteiger charge is 2.18. The molecule has 0 N–H and O–H groups in total. The lowest BCUT2D eigenvalue weighted by atomic mass is 10.0. The zero-order valence-corrected chi connectivity index (χ0v) is 13.3. The molecule has 0 radical (unpaired) electrons. The van der Waals surface area contributed by atoms with Crippen molar-refractivity contribution in [2.75, 3.05) is 14.2 Å². The van der Waals surface area contributed by atoms with Crippen LogP contribution in [0.1, 0.15) is 16.0 Å². The zero-order valence-electron chi connectivity index (χ0n) is 11.0. The van der Waals surface area contributed by atoms with Crippen molar-refractivity contribution in [3.05, 3.63) is 58.4 Å². The number of hydrogen-bond acceptors (Lipinski definition) is 2. The second kappa shape index (κ2) is 6.46. The fourth-order valence-corrected chi connectivity index (χ4v) is 3.09. The van der Waals surface area contributed by atoms with E-state index in [1.54, 1.807) is 26.4 Å². The number of benzene rings is 2. The van der Waals surface area contributed by atoms with Crippen LogP contribution in [0.3, 0.4) is 0 Å². The molecular formula is C15H13BrClFO2. The standard InChI is InChI=1S/C15H13BrClFO2/c1-19-10-4-6-12(14(8-10)20-2)15(16)11-5-3-9(18)7-13(11)17/h3-8,15H,1-2H3. The first-order chi connectivity index (χ1) is 9.56. The quantitative estimate of drug-likeness (QED) is 0.717. The van der Waals surface area contributed by atoms with Gasteiger partial charge < -0.3 is 9.47 Å². The Kier molecular flexibility index (Phi) is 4.89. The van der Waals surface area contributed by atoms with Crippen LogP contribution in [0.5, 0.6) is 11.5 Å². The van der Waals surface area contributed by atoms with Crippen LogP contribution >= 0.6 is 27.5 Å². The zero-order chi connectivity index (χ0) is 14.7. The summed E-state index contributed by atoms with van der Waals surface area (Å²) in [6.45, 7) is 0. The minimum absolute atomic E-state index is 0.198. The van der Waals surface area contributed by atoms with Gasteiger partial charge in [-0.05, 0) is 23.8 Å². The predicted molar refractivity (Wildman–Crippen MR) is 81.7 cm³/mol. The molecule has 0 bridgehead atoms. The maximum atomic E-state index is 13.1. The van der Waals surface area contributed by atoms with Gasteiger partial charge in [0.1, 0.15) is 17.3 Å². The Balaban J connectivity index is 2.44. The molecule has 0 aliphatic carbocycles. The number of ether oxygens (including phenoxy) is 2. The van der Waals surface area contributed by atoms with Gasteiger partial charge in [-0.25, -0.2) is 4.39 Å². The highest BCUT2D eigenvalue weighted by molar-refractivity contribution is 9.09. The van der Waals surface area contributed by atoms with Crippen LogP contribution in [0.15, 0.2) is 36.4 Å². The molecule has 2 rings (SSSR count). The first-order valence-corrected chi connectivity index (χ1v) is 7.17. The minimum atomic E-state index is -0.361. The third-order valence-electron chi connectivity index (χ3n) is 2.95. The van der Waals surface area contributed by atoms with Gasteiger partial charge in [-0.1, -0.05) is 39.7 Å². The summed E-state index contributed by atoms with van der Waals surface area (Å²) in [5.74, 6) is 1.02. The van der Waals surface area contributed by atoms with E-state index in [1.807, 2.05) is 12.1 Å². The van der Waals surface area contributed by atoms with Crippen molar-refractivity contribution >= 4 is 27.5 Å². The third-order valence-corrected chi connectivity index (χ3v) is 4.26. The van der Waals surface area contributed by atoms with E-state index in [1.165, 1.54) is 12.1 Å². The van der Waals surface area contributed by atoms with E-state index >= 15 is 0 Å². The van der Waals surface area contributed by atoms with Gasteiger partial charge in [-0.2, -0.15) is 0 Å². The van der Waals surface area contributed by atoms with Gasteiger partial charge in [0.15, 0.2) is 0 Å². The first-order valence-electron chi connectivity index (χ1n) is 5.87. The van der Waals surface area contributed by atoms with Gasteiger partial charge in [-0.3, -0.25) is 0 Å². The molecule has 2 aromatic rings. The Morgan fingerprint density at radius 1 is 1.05 bits per heavy atom. The van der Waals surface area contributed by atoms with Gasteiger partial charge in [0, 0.05) is 16.7 Å². The maximum absolute atomic E-state index is 13.1. The molecule has 0 saturated heterocycles. The molecule has 0 heterocycles. The second-order valence-electron chi connectivity index (χ2n) is 4.14. The summed E-state index contributed by atoms with van der Waals surface area (Å²) in [5, 5.41) is 0.366. The van der Waals surface area contributed by atoms with Crippen molar-refractivity contribution in [2.24, 2.45) is 0 Å². The Bertz CT molecular complexity index is 619. The Hall–Kier alpha value is -1.26. The van der Waals surface area contributed by atoms with E-state index in [9.17, 15) is 4.39 Å². The Morgan fingerprint density at radius 2 is 1.75 bits per heavy atom. The SMILES string of the molecule is COc1ccc(C(Br)c2ccc(F)cc2Cl)c(OC)c1. The molecule has 1 unspecified atom stereocenters. The second-order valence-corrected chi connectivity index (χ2v) is 5.46. The van der Waals surface area contributed by atoms with E-state index in [-0.39, 0.29) is 10.6 Å². The van der Waals surface area contributed by atoms with Crippen LogP contribution in [0.25, 0.3) is 0 Å². The summed E-state index contributed by atoms with van der Waals surface area (Å²) in [7, 11) is 3.18. The van der Waals surface area contributed by atoms with Crippen molar-refractivity contribution in [3.63, 3.8) is 0 Å². The largest absolute Gasteiger partial charge is 0.497 e. The number of alkyl halides is 1. The van der Waals surface area contributed by atoms with Crippen molar-refractivity contribution in [1.29, 1.82) is 0 Å². The molecule has 2 aromatic carbocycles. The molecule has 1 atom stereocenters. The molecule has 0 aromatic heterocycles. The Morgan fingerprint density at radius 3 is 2.35 bits per heavy atom. The molecule has 106 valence electrons. The first kappa shape index (κ1) is 15.1. The van der Waals surface area contributed by atoms with Gasteiger partial charge in [0.25, 0.3) is 0 Å². The number of halogens is 3. The van der Waals surface area contributed by atoms with E-state index in [2.05, 4.69) is 15.9 Å². The highest BCUT2D eigenvalue weighted by atomic mass is 79.9. The maximum Gasteiger partial charge on any atom is 0.127 e. The topological polar surface area (TPSA) is 18.5 Å². The van der Waals surface area contributed by atoms with Crippen molar-refractivity contribution in [2.45, 2.75) is 4.83 Å². The molecule has 0 fully saturated rings. The lowest BCUT2D eigenvalue weighted by molar-refractivity contribution is 0.391. The smallest absolute Gasteiger partial charge is 0.127 e. The highest BCUT2D eigenvalue weighted by Crippen LogP contribution is 2.40. The minimum Gasteiger partial charge on any atom is -0.497 e. The van der Waals surface area contributed by atoms with Gasteiger partial charge in [-0.15, -0.1) is 0 Å². The third kappa shape index (κ3) is 3.07. The van der Waals surface area contributed by atoms with Crippen molar-refractivity contribution < 1.29 is 13.9 Å². The molecule has 20 heavy (non-hydrogen) atoms. The molecular weight excluding hydrogens is 347 g/mol. The van der Waals surface area contributed by atoms with Crippen molar-refractivity contribution in [3.8, 4) is 11.5 Å². The summed E-state index contributed by atoms with van der Waals surface area (Å²) < 4.78 is 23.6. The number of methoxy groups -OCH3 is 2. The van der Waals surface area contributed by atoms with E-state index < -0.39 is 0 Å². The molecule has 0 saturated carbocycles. The fraction of sp³-hybridized carbons (Fsp3) is 0.200. The lowest BCUT2D eigenvalue weighted by Gasteiger charge is -2.16. The summed E-state index contributed by atoms with van der Waals surface area (Å²) in [6.07, 6.45) is 0. The van der Waals surface area contributed by atoms with Gasteiger partial charge in [0.05, 0.1) is 19.0 Å². The summed E-state index contributed by atoms with van der Waals surface area (Å²) in [5.41, 5.74) is 1.67. The van der Waals surface area contributed by atoms with E-state index in [0.717, 1.165) is 11.1 Å².